The third kappa shape index (κ3) is 3.29. The van der Waals surface area contributed by atoms with Crippen LogP contribution in [0.15, 0.2) is 23.1 Å². The molecule has 0 bridgehead atoms. The summed E-state index contributed by atoms with van der Waals surface area (Å²) in [5.41, 5.74) is -0.307. The molecule has 0 amide bonds. The van der Waals surface area contributed by atoms with E-state index in [0.717, 1.165) is 18.2 Å². The lowest BCUT2D eigenvalue weighted by Gasteiger charge is -2.06. The normalized spacial score (nSPS) is 10.6. The highest BCUT2D eigenvalue weighted by molar-refractivity contribution is 7.89. The Bertz CT molecular complexity index is 628. The summed E-state index contributed by atoms with van der Waals surface area (Å²) in [4.78, 5) is 9.98. The van der Waals surface area contributed by atoms with Gasteiger partial charge in [0.15, 0.2) is 0 Å². The number of benzene rings is 1. The SMILES string of the molecule is CC#CCNS(=O)(=O)c1cc(C(=O)O)ccc1F. The Hall–Kier alpha value is -1.91. The largest absolute Gasteiger partial charge is 0.478 e. The van der Waals surface area contributed by atoms with Gasteiger partial charge in [-0.15, -0.1) is 5.92 Å². The summed E-state index contributed by atoms with van der Waals surface area (Å²) in [6.07, 6.45) is 0. The van der Waals surface area contributed by atoms with Gasteiger partial charge in [-0.25, -0.2) is 17.6 Å². The Morgan fingerprint density at radius 2 is 2.17 bits per heavy atom. The summed E-state index contributed by atoms with van der Waals surface area (Å²) in [5, 5.41) is 8.72. The maximum absolute atomic E-state index is 13.4. The van der Waals surface area contributed by atoms with E-state index in [-0.39, 0.29) is 12.1 Å². The summed E-state index contributed by atoms with van der Waals surface area (Å²) < 4.78 is 38.8. The molecule has 0 aliphatic heterocycles. The summed E-state index contributed by atoms with van der Waals surface area (Å²) in [7, 11) is -4.11. The quantitative estimate of drug-likeness (QED) is 0.794. The van der Waals surface area contributed by atoms with E-state index in [9.17, 15) is 17.6 Å². The van der Waals surface area contributed by atoms with Crippen LogP contribution in [0, 0.1) is 17.7 Å². The Balaban J connectivity index is 3.17. The van der Waals surface area contributed by atoms with E-state index in [0.29, 0.717) is 0 Å². The molecular formula is C11H10FNO4S. The monoisotopic (exact) mass is 271 g/mol. The van der Waals surface area contributed by atoms with Gasteiger partial charge in [0.1, 0.15) is 10.7 Å². The summed E-state index contributed by atoms with van der Waals surface area (Å²) in [5.74, 6) is 2.57. The molecule has 0 fully saturated rings. The smallest absolute Gasteiger partial charge is 0.335 e. The third-order valence-corrected chi connectivity index (χ3v) is 3.41. The highest BCUT2D eigenvalue weighted by Crippen LogP contribution is 2.16. The van der Waals surface area contributed by atoms with Crippen LogP contribution in [0.25, 0.3) is 0 Å². The van der Waals surface area contributed by atoms with Crippen LogP contribution in [-0.4, -0.2) is 26.0 Å². The molecule has 2 N–H and O–H groups in total. The van der Waals surface area contributed by atoms with E-state index in [1.807, 2.05) is 4.72 Å². The molecule has 0 heterocycles. The van der Waals surface area contributed by atoms with Gasteiger partial charge in [0, 0.05) is 0 Å². The lowest BCUT2D eigenvalue weighted by molar-refractivity contribution is 0.0696. The molecule has 0 aliphatic rings. The molecule has 0 aromatic heterocycles. The highest BCUT2D eigenvalue weighted by atomic mass is 32.2. The van der Waals surface area contributed by atoms with Crippen molar-refractivity contribution in [1.82, 2.24) is 4.72 Å². The fraction of sp³-hybridized carbons (Fsp3) is 0.182. The van der Waals surface area contributed by atoms with E-state index >= 15 is 0 Å². The zero-order valence-corrected chi connectivity index (χ0v) is 10.2. The van der Waals surface area contributed by atoms with Crippen molar-refractivity contribution in [2.24, 2.45) is 0 Å². The topological polar surface area (TPSA) is 83.5 Å². The number of nitrogens with one attached hydrogen (secondary N) is 1. The second-order valence-electron chi connectivity index (χ2n) is 3.20. The average Bonchev–Trinajstić information content (AvgIpc) is 2.29. The van der Waals surface area contributed by atoms with Crippen molar-refractivity contribution in [3.63, 3.8) is 0 Å². The van der Waals surface area contributed by atoms with Gasteiger partial charge in [-0.05, 0) is 25.1 Å². The summed E-state index contributed by atoms with van der Waals surface area (Å²) >= 11 is 0. The Morgan fingerprint density at radius 3 is 2.72 bits per heavy atom. The van der Waals surface area contributed by atoms with E-state index in [4.69, 9.17) is 5.11 Å². The Labute approximate surface area is 104 Å². The molecule has 0 radical (unpaired) electrons. The number of aromatic carboxylic acids is 1. The first-order valence-corrected chi connectivity index (χ1v) is 6.29. The van der Waals surface area contributed by atoms with E-state index in [1.165, 1.54) is 6.92 Å². The van der Waals surface area contributed by atoms with E-state index < -0.39 is 26.7 Å². The number of hydrogen-bond acceptors (Lipinski definition) is 3. The van der Waals surface area contributed by atoms with Crippen molar-refractivity contribution in [3.05, 3.63) is 29.6 Å². The first-order valence-electron chi connectivity index (χ1n) is 4.80. The molecule has 0 spiro atoms. The number of carboxylic acid groups (broad SMARTS) is 1. The number of rotatable bonds is 4. The fourth-order valence-electron chi connectivity index (χ4n) is 1.14. The van der Waals surface area contributed by atoms with Gasteiger partial charge >= 0.3 is 5.97 Å². The maximum Gasteiger partial charge on any atom is 0.335 e. The number of carbonyl (C=O) groups is 1. The van der Waals surface area contributed by atoms with E-state index in [1.54, 1.807) is 0 Å². The van der Waals surface area contributed by atoms with Crippen LogP contribution in [0.4, 0.5) is 4.39 Å². The third-order valence-electron chi connectivity index (χ3n) is 2.00. The van der Waals surface area contributed by atoms with Crippen LogP contribution in [0.5, 0.6) is 0 Å². The predicted octanol–water partition coefficient (Wildman–Crippen LogP) is 0.825. The first-order chi connectivity index (χ1) is 8.38. The highest BCUT2D eigenvalue weighted by Gasteiger charge is 2.20. The lowest BCUT2D eigenvalue weighted by atomic mass is 10.2. The Morgan fingerprint density at radius 1 is 1.50 bits per heavy atom. The molecule has 7 heteroatoms. The van der Waals surface area contributed by atoms with Crippen LogP contribution in [0.1, 0.15) is 17.3 Å². The van der Waals surface area contributed by atoms with Gasteiger partial charge in [0.2, 0.25) is 10.0 Å². The van der Waals surface area contributed by atoms with Crippen molar-refractivity contribution in [1.29, 1.82) is 0 Å². The molecule has 0 atom stereocenters. The molecule has 1 rings (SSSR count). The lowest BCUT2D eigenvalue weighted by Crippen LogP contribution is -2.25. The number of carboxylic acids is 1. The summed E-state index contributed by atoms with van der Waals surface area (Å²) in [6.45, 7) is 1.36. The maximum atomic E-state index is 13.4. The molecule has 5 nitrogen and oxygen atoms in total. The van der Waals surface area contributed by atoms with E-state index in [2.05, 4.69) is 11.8 Å². The molecule has 1 aromatic rings. The van der Waals surface area contributed by atoms with Gasteiger partial charge in [-0.3, -0.25) is 0 Å². The standard InChI is InChI=1S/C11H10FNO4S/c1-2-3-6-13-18(16,17)10-7-8(11(14)15)4-5-9(10)12/h4-5,7,13H,6H2,1H3,(H,14,15). The molecule has 96 valence electrons. The minimum Gasteiger partial charge on any atom is -0.478 e. The molecule has 0 saturated heterocycles. The second-order valence-corrected chi connectivity index (χ2v) is 4.94. The van der Waals surface area contributed by atoms with Crippen molar-refractivity contribution in [3.8, 4) is 11.8 Å². The molecule has 1 aromatic carbocycles. The predicted molar refractivity (Wildman–Crippen MR) is 62.0 cm³/mol. The minimum atomic E-state index is -4.11. The van der Waals surface area contributed by atoms with Gasteiger partial charge < -0.3 is 5.11 Å². The van der Waals surface area contributed by atoms with Gasteiger partial charge in [-0.1, -0.05) is 5.92 Å². The summed E-state index contributed by atoms with van der Waals surface area (Å²) in [6, 6.07) is 2.55. The molecule has 0 aliphatic carbocycles. The second kappa shape index (κ2) is 5.62. The van der Waals surface area contributed by atoms with Gasteiger partial charge in [-0.2, -0.15) is 4.72 Å². The molecule has 18 heavy (non-hydrogen) atoms. The van der Waals surface area contributed by atoms with Crippen molar-refractivity contribution < 1.29 is 22.7 Å². The van der Waals surface area contributed by atoms with Crippen LogP contribution in [0.3, 0.4) is 0 Å². The van der Waals surface area contributed by atoms with Crippen LogP contribution in [-0.2, 0) is 10.0 Å². The van der Waals surface area contributed by atoms with Gasteiger partial charge in [0.05, 0.1) is 12.1 Å². The van der Waals surface area contributed by atoms with Crippen molar-refractivity contribution >= 4 is 16.0 Å². The number of sulfonamides is 1. The van der Waals surface area contributed by atoms with Gasteiger partial charge in [0.25, 0.3) is 0 Å². The van der Waals surface area contributed by atoms with Crippen LogP contribution < -0.4 is 4.72 Å². The first kappa shape index (κ1) is 14.2. The zero-order valence-electron chi connectivity index (χ0n) is 9.40. The molecule has 0 unspecified atom stereocenters. The molecular weight excluding hydrogens is 261 g/mol. The number of hydrogen-bond donors (Lipinski definition) is 2. The van der Waals surface area contributed by atoms with Crippen LogP contribution in [0.2, 0.25) is 0 Å². The Kier molecular flexibility index (Phi) is 4.42. The number of halogens is 1. The molecule has 0 saturated carbocycles. The van der Waals surface area contributed by atoms with Crippen molar-refractivity contribution in [2.75, 3.05) is 6.54 Å². The zero-order chi connectivity index (χ0) is 13.8. The van der Waals surface area contributed by atoms with Crippen molar-refractivity contribution in [2.45, 2.75) is 11.8 Å². The average molecular weight is 271 g/mol. The minimum absolute atomic E-state index is 0.171. The van der Waals surface area contributed by atoms with Crippen LogP contribution >= 0.6 is 0 Å². The fourth-order valence-corrected chi connectivity index (χ4v) is 2.16.